The summed E-state index contributed by atoms with van der Waals surface area (Å²) in [7, 11) is 0. The number of furan rings is 1. The molecular formula is C11H17N3O2. The Morgan fingerprint density at radius 2 is 2.44 bits per heavy atom. The van der Waals surface area contributed by atoms with E-state index in [4.69, 9.17) is 10.3 Å². The van der Waals surface area contributed by atoms with Crippen molar-refractivity contribution in [2.75, 3.05) is 6.54 Å². The molecule has 0 bridgehead atoms. The van der Waals surface area contributed by atoms with Crippen LogP contribution in [0.15, 0.2) is 22.8 Å². The zero-order chi connectivity index (χ0) is 11.4. The van der Waals surface area contributed by atoms with Crippen LogP contribution in [0.3, 0.4) is 0 Å². The first-order valence-corrected chi connectivity index (χ1v) is 5.55. The molecule has 0 aliphatic heterocycles. The van der Waals surface area contributed by atoms with Gasteiger partial charge >= 0.3 is 0 Å². The summed E-state index contributed by atoms with van der Waals surface area (Å²) in [6, 6.07) is 4.45. The zero-order valence-electron chi connectivity index (χ0n) is 9.19. The average Bonchev–Trinajstić information content (AvgIpc) is 3.02. The molecule has 1 heterocycles. The minimum atomic E-state index is -0.120. The summed E-state index contributed by atoms with van der Waals surface area (Å²) in [4.78, 5) is 13.3. The van der Waals surface area contributed by atoms with Gasteiger partial charge in [-0.05, 0) is 25.0 Å². The number of hydrazine groups is 1. The molecule has 5 heteroatoms. The van der Waals surface area contributed by atoms with Crippen molar-refractivity contribution in [3.63, 3.8) is 0 Å². The molecule has 1 aliphatic rings. The van der Waals surface area contributed by atoms with Crippen LogP contribution in [0, 0.1) is 0 Å². The van der Waals surface area contributed by atoms with Gasteiger partial charge in [-0.2, -0.15) is 0 Å². The van der Waals surface area contributed by atoms with Crippen molar-refractivity contribution in [1.82, 2.24) is 10.3 Å². The third-order valence-corrected chi connectivity index (χ3v) is 2.79. The minimum Gasteiger partial charge on any atom is -0.468 e. The van der Waals surface area contributed by atoms with Crippen molar-refractivity contribution >= 4 is 5.91 Å². The van der Waals surface area contributed by atoms with E-state index in [1.165, 1.54) is 12.8 Å². The van der Waals surface area contributed by atoms with Crippen molar-refractivity contribution in [3.8, 4) is 0 Å². The fourth-order valence-electron chi connectivity index (χ4n) is 1.75. The van der Waals surface area contributed by atoms with Crippen LogP contribution in [0.4, 0.5) is 0 Å². The molecule has 1 aliphatic carbocycles. The molecule has 1 fully saturated rings. The Hall–Kier alpha value is -1.33. The molecule has 1 saturated carbocycles. The van der Waals surface area contributed by atoms with E-state index in [0.717, 1.165) is 18.8 Å². The smallest absolute Gasteiger partial charge is 0.235 e. The maximum Gasteiger partial charge on any atom is 0.235 e. The molecule has 0 atom stereocenters. The lowest BCUT2D eigenvalue weighted by Gasteiger charge is -2.19. The van der Waals surface area contributed by atoms with Crippen molar-refractivity contribution in [2.24, 2.45) is 5.84 Å². The van der Waals surface area contributed by atoms with Gasteiger partial charge in [-0.1, -0.05) is 0 Å². The molecule has 16 heavy (non-hydrogen) atoms. The quantitative estimate of drug-likeness (QED) is 0.421. The van der Waals surface area contributed by atoms with Gasteiger partial charge in [0, 0.05) is 19.0 Å². The Kier molecular flexibility index (Phi) is 3.58. The lowest BCUT2D eigenvalue weighted by atomic mass is 10.3. The van der Waals surface area contributed by atoms with E-state index in [1.807, 2.05) is 12.1 Å². The number of hydrogen-bond acceptors (Lipinski definition) is 4. The molecule has 0 spiro atoms. The molecule has 1 aromatic heterocycles. The summed E-state index contributed by atoms with van der Waals surface area (Å²) in [5, 5.41) is 0. The van der Waals surface area contributed by atoms with Gasteiger partial charge in [0.1, 0.15) is 5.76 Å². The molecule has 3 N–H and O–H groups in total. The van der Waals surface area contributed by atoms with Crippen LogP contribution < -0.4 is 11.3 Å². The Morgan fingerprint density at radius 3 is 3.00 bits per heavy atom. The van der Waals surface area contributed by atoms with E-state index in [0.29, 0.717) is 12.5 Å². The number of nitrogens with one attached hydrogen (secondary N) is 1. The second-order valence-electron chi connectivity index (χ2n) is 4.10. The molecular weight excluding hydrogens is 206 g/mol. The van der Waals surface area contributed by atoms with Crippen molar-refractivity contribution in [2.45, 2.75) is 31.8 Å². The first-order valence-electron chi connectivity index (χ1n) is 5.55. The highest BCUT2D eigenvalue weighted by Crippen LogP contribution is 2.28. The highest BCUT2D eigenvalue weighted by molar-refractivity contribution is 5.75. The maximum atomic E-state index is 11.1. The van der Waals surface area contributed by atoms with Crippen LogP contribution in [-0.4, -0.2) is 23.4 Å². The fraction of sp³-hybridized carbons (Fsp3) is 0.545. The summed E-state index contributed by atoms with van der Waals surface area (Å²) in [6.07, 6.45) is 4.54. The van der Waals surface area contributed by atoms with E-state index in [9.17, 15) is 4.79 Å². The van der Waals surface area contributed by atoms with Gasteiger partial charge in [-0.25, -0.2) is 5.84 Å². The first kappa shape index (κ1) is 11.2. The second-order valence-corrected chi connectivity index (χ2v) is 4.10. The van der Waals surface area contributed by atoms with Gasteiger partial charge in [0.15, 0.2) is 0 Å². The van der Waals surface area contributed by atoms with Crippen molar-refractivity contribution in [1.29, 1.82) is 0 Å². The van der Waals surface area contributed by atoms with E-state index in [2.05, 4.69) is 10.3 Å². The van der Waals surface area contributed by atoms with E-state index in [1.54, 1.807) is 6.26 Å². The Labute approximate surface area is 94.6 Å². The number of carbonyl (C=O) groups excluding carboxylic acids is 1. The monoisotopic (exact) mass is 223 g/mol. The molecule has 1 aromatic rings. The standard InChI is InChI=1S/C11H17N3O2/c12-13-11(15)5-6-14(9-3-4-9)8-10-2-1-7-16-10/h1-2,7,9H,3-6,8,12H2,(H,13,15). The number of amides is 1. The second kappa shape index (κ2) is 5.14. The van der Waals surface area contributed by atoms with Gasteiger partial charge in [0.2, 0.25) is 5.91 Å². The zero-order valence-corrected chi connectivity index (χ0v) is 9.19. The summed E-state index contributed by atoms with van der Waals surface area (Å²) in [6.45, 7) is 1.50. The van der Waals surface area contributed by atoms with E-state index in [-0.39, 0.29) is 5.91 Å². The van der Waals surface area contributed by atoms with E-state index >= 15 is 0 Å². The molecule has 0 unspecified atom stereocenters. The third-order valence-electron chi connectivity index (χ3n) is 2.79. The molecule has 0 aromatic carbocycles. The molecule has 0 radical (unpaired) electrons. The third kappa shape index (κ3) is 3.08. The Balaban J connectivity index is 1.83. The summed E-state index contributed by atoms with van der Waals surface area (Å²) < 4.78 is 5.31. The van der Waals surface area contributed by atoms with Crippen molar-refractivity contribution < 1.29 is 9.21 Å². The van der Waals surface area contributed by atoms with E-state index < -0.39 is 0 Å². The number of carbonyl (C=O) groups is 1. The summed E-state index contributed by atoms with van der Waals surface area (Å²) >= 11 is 0. The highest BCUT2D eigenvalue weighted by Gasteiger charge is 2.29. The number of rotatable bonds is 6. The Morgan fingerprint density at radius 1 is 1.62 bits per heavy atom. The molecule has 2 rings (SSSR count). The first-order chi connectivity index (χ1) is 7.79. The van der Waals surface area contributed by atoms with Gasteiger partial charge in [-0.15, -0.1) is 0 Å². The predicted octanol–water partition coefficient (Wildman–Crippen LogP) is 0.624. The van der Waals surface area contributed by atoms with Crippen molar-refractivity contribution in [3.05, 3.63) is 24.2 Å². The minimum absolute atomic E-state index is 0.120. The molecule has 88 valence electrons. The summed E-state index contributed by atoms with van der Waals surface area (Å²) in [5.41, 5.74) is 2.15. The van der Waals surface area contributed by atoms with Gasteiger partial charge < -0.3 is 4.42 Å². The van der Waals surface area contributed by atoms with Crippen LogP contribution >= 0.6 is 0 Å². The van der Waals surface area contributed by atoms with Crippen LogP contribution in [-0.2, 0) is 11.3 Å². The largest absolute Gasteiger partial charge is 0.468 e. The van der Waals surface area contributed by atoms with Gasteiger partial charge in [0.25, 0.3) is 0 Å². The maximum absolute atomic E-state index is 11.1. The number of nitrogens with zero attached hydrogens (tertiary/aromatic N) is 1. The molecule has 0 saturated heterocycles. The van der Waals surface area contributed by atoms with Crippen LogP contribution in [0.1, 0.15) is 25.0 Å². The number of nitrogens with two attached hydrogens (primary N) is 1. The highest BCUT2D eigenvalue weighted by atomic mass is 16.3. The van der Waals surface area contributed by atoms with Crippen LogP contribution in [0.5, 0.6) is 0 Å². The Bertz CT molecular complexity index is 333. The lowest BCUT2D eigenvalue weighted by Crippen LogP contribution is -2.35. The van der Waals surface area contributed by atoms with Gasteiger partial charge in [0.05, 0.1) is 12.8 Å². The van der Waals surface area contributed by atoms with Crippen LogP contribution in [0.2, 0.25) is 0 Å². The normalized spacial score (nSPS) is 15.4. The number of hydrogen-bond donors (Lipinski definition) is 2. The summed E-state index contributed by atoms with van der Waals surface area (Å²) in [5.74, 6) is 5.87. The molecule has 5 nitrogen and oxygen atoms in total. The SMILES string of the molecule is NNC(=O)CCN(Cc1ccco1)C1CC1. The molecule has 1 amide bonds. The lowest BCUT2D eigenvalue weighted by molar-refractivity contribution is -0.121. The fourth-order valence-corrected chi connectivity index (χ4v) is 1.75. The topological polar surface area (TPSA) is 71.5 Å². The van der Waals surface area contributed by atoms with Crippen LogP contribution in [0.25, 0.3) is 0 Å². The average molecular weight is 223 g/mol. The van der Waals surface area contributed by atoms with Gasteiger partial charge in [-0.3, -0.25) is 15.1 Å². The predicted molar refractivity (Wildman–Crippen MR) is 59.1 cm³/mol.